The number of thioether (sulfide) groups is 1. The fourth-order valence-corrected chi connectivity index (χ4v) is 3.77. The number of benzene rings is 2. The number of rotatable bonds is 4. The van der Waals surface area contributed by atoms with E-state index in [2.05, 4.69) is 6.92 Å². The van der Waals surface area contributed by atoms with Crippen molar-refractivity contribution in [2.24, 2.45) is 0 Å². The van der Waals surface area contributed by atoms with Crippen LogP contribution < -0.4 is 4.90 Å². The van der Waals surface area contributed by atoms with Crippen LogP contribution in [0.5, 0.6) is 0 Å². The molecule has 0 spiro atoms. The van der Waals surface area contributed by atoms with E-state index in [1.54, 1.807) is 18.2 Å². The van der Waals surface area contributed by atoms with Gasteiger partial charge in [0.2, 0.25) is 0 Å². The third-order valence-electron chi connectivity index (χ3n) is 3.83. The molecule has 1 N–H and O–H groups in total. The highest BCUT2D eigenvalue weighted by atomic mass is 32.2. The minimum absolute atomic E-state index is 0.116. The van der Waals surface area contributed by atoms with Crippen LogP contribution in [-0.4, -0.2) is 21.3 Å². The maximum absolute atomic E-state index is 12.7. The molecule has 0 radical (unpaired) electrons. The van der Waals surface area contributed by atoms with Gasteiger partial charge < -0.3 is 5.11 Å². The number of aryl methyl sites for hydroxylation is 1. The molecule has 0 bridgehead atoms. The van der Waals surface area contributed by atoms with Crippen molar-refractivity contribution in [3.05, 3.63) is 70.1 Å². The summed E-state index contributed by atoms with van der Waals surface area (Å²) in [6.07, 6.45) is 2.77. The average Bonchev–Trinajstić information content (AvgIpc) is 2.89. The third-order valence-corrected chi connectivity index (χ3v) is 5.13. The largest absolute Gasteiger partial charge is 0.478 e. The molecule has 1 amide bonds. The molecule has 0 aromatic heterocycles. The molecular formula is C19H15NO3S2. The van der Waals surface area contributed by atoms with E-state index in [4.69, 9.17) is 17.3 Å². The number of hydrogen-bond donors (Lipinski definition) is 1. The lowest BCUT2D eigenvalue weighted by Gasteiger charge is -2.14. The van der Waals surface area contributed by atoms with Gasteiger partial charge in [-0.2, -0.15) is 0 Å². The SMILES string of the molecule is CCc1ccc(C=C2SC(=S)N(c3cccc(C(=O)O)c3)C2=O)cc1. The zero-order chi connectivity index (χ0) is 18.0. The van der Waals surface area contributed by atoms with Crippen molar-refractivity contribution in [2.75, 3.05) is 4.90 Å². The third kappa shape index (κ3) is 3.65. The van der Waals surface area contributed by atoms with Gasteiger partial charge in [-0.1, -0.05) is 61.2 Å². The van der Waals surface area contributed by atoms with E-state index in [1.807, 2.05) is 24.3 Å². The molecule has 2 aromatic carbocycles. The fourth-order valence-electron chi connectivity index (χ4n) is 2.47. The number of thiocarbonyl (C=S) groups is 1. The first kappa shape index (κ1) is 17.4. The highest BCUT2D eigenvalue weighted by Gasteiger charge is 2.33. The summed E-state index contributed by atoms with van der Waals surface area (Å²) < 4.78 is 0.393. The van der Waals surface area contributed by atoms with Crippen LogP contribution in [0.3, 0.4) is 0 Å². The summed E-state index contributed by atoms with van der Waals surface area (Å²) in [6.45, 7) is 2.09. The highest BCUT2D eigenvalue weighted by Crippen LogP contribution is 2.36. The van der Waals surface area contributed by atoms with Gasteiger partial charge in [0, 0.05) is 0 Å². The smallest absolute Gasteiger partial charge is 0.335 e. The van der Waals surface area contributed by atoms with Crippen molar-refractivity contribution in [3.8, 4) is 0 Å². The summed E-state index contributed by atoms with van der Waals surface area (Å²) in [5.41, 5.74) is 2.74. The number of anilines is 1. The maximum Gasteiger partial charge on any atom is 0.335 e. The molecule has 1 fully saturated rings. The minimum Gasteiger partial charge on any atom is -0.478 e. The molecule has 1 aliphatic heterocycles. The van der Waals surface area contributed by atoms with Gasteiger partial charge in [-0.15, -0.1) is 0 Å². The predicted molar refractivity (Wildman–Crippen MR) is 105 cm³/mol. The molecule has 6 heteroatoms. The summed E-state index contributed by atoms with van der Waals surface area (Å²) in [4.78, 5) is 25.8. The number of carboxylic acids is 1. The van der Waals surface area contributed by atoms with Gasteiger partial charge in [-0.05, 0) is 41.8 Å². The number of hydrogen-bond acceptors (Lipinski definition) is 4. The average molecular weight is 369 g/mol. The Bertz CT molecular complexity index is 888. The van der Waals surface area contributed by atoms with Crippen molar-refractivity contribution in [3.63, 3.8) is 0 Å². The topological polar surface area (TPSA) is 57.6 Å². The Morgan fingerprint density at radius 3 is 2.60 bits per heavy atom. The van der Waals surface area contributed by atoms with Crippen LogP contribution in [0.15, 0.2) is 53.4 Å². The zero-order valence-electron chi connectivity index (χ0n) is 13.4. The molecule has 1 aliphatic rings. The first-order valence-corrected chi connectivity index (χ1v) is 8.92. The van der Waals surface area contributed by atoms with E-state index in [0.29, 0.717) is 14.9 Å². The van der Waals surface area contributed by atoms with Gasteiger partial charge in [0.05, 0.1) is 16.2 Å². The number of nitrogens with zero attached hydrogens (tertiary/aromatic N) is 1. The van der Waals surface area contributed by atoms with E-state index in [1.165, 1.54) is 34.4 Å². The number of carbonyl (C=O) groups is 2. The van der Waals surface area contributed by atoms with Gasteiger partial charge in [0.1, 0.15) is 0 Å². The van der Waals surface area contributed by atoms with Crippen LogP contribution in [0.1, 0.15) is 28.4 Å². The number of aromatic carboxylic acids is 1. The van der Waals surface area contributed by atoms with Crippen molar-refractivity contribution in [1.82, 2.24) is 0 Å². The second-order valence-electron chi connectivity index (χ2n) is 5.47. The molecule has 0 aliphatic carbocycles. The van der Waals surface area contributed by atoms with E-state index >= 15 is 0 Å². The van der Waals surface area contributed by atoms with E-state index < -0.39 is 5.97 Å². The number of amides is 1. The normalized spacial score (nSPS) is 15.9. The van der Waals surface area contributed by atoms with Crippen LogP contribution >= 0.6 is 24.0 Å². The molecule has 1 saturated heterocycles. The lowest BCUT2D eigenvalue weighted by molar-refractivity contribution is -0.113. The molecule has 1 heterocycles. The highest BCUT2D eigenvalue weighted by molar-refractivity contribution is 8.27. The Hall–Kier alpha value is -2.44. The summed E-state index contributed by atoms with van der Waals surface area (Å²) in [5.74, 6) is -1.28. The molecule has 0 saturated carbocycles. The van der Waals surface area contributed by atoms with Crippen LogP contribution in [0.4, 0.5) is 5.69 Å². The predicted octanol–water partition coefficient (Wildman–Crippen LogP) is 4.35. The standard InChI is InChI=1S/C19H15NO3S2/c1-2-12-6-8-13(9-7-12)10-16-17(21)20(19(24)25-16)15-5-3-4-14(11-15)18(22)23/h3-11H,2H2,1H3,(H,22,23). The van der Waals surface area contributed by atoms with Crippen molar-refractivity contribution in [1.29, 1.82) is 0 Å². The Labute approximate surface area is 155 Å². The van der Waals surface area contributed by atoms with E-state index in [0.717, 1.165) is 12.0 Å². The molecule has 25 heavy (non-hydrogen) atoms. The second-order valence-corrected chi connectivity index (χ2v) is 7.14. The Kier molecular flexibility index (Phi) is 5.01. The maximum atomic E-state index is 12.7. The van der Waals surface area contributed by atoms with Gasteiger partial charge in [0.25, 0.3) is 5.91 Å². The molecule has 2 aromatic rings. The summed E-state index contributed by atoms with van der Waals surface area (Å²) >= 11 is 6.54. The van der Waals surface area contributed by atoms with Gasteiger partial charge in [-0.25, -0.2) is 4.79 Å². The van der Waals surface area contributed by atoms with Gasteiger partial charge in [-0.3, -0.25) is 9.69 Å². The summed E-state index contributed by atoms with van der Waals surface area (Å²) in [5, 5.41) is 9.12. The van der Waals surface area contributed by atoms with Crippen LogP contribution in [0, 0.1) is 0 Å². The molecular weight excluding hydrogens is 354 g/mol. The number of carbonyl (C=O) groups excluding carboxylic acids is 1. The first-order valence-electron chi connectivity index (χ1n) is 7.70. The lowest BCUT2D eigenvalue weighted by atomic mass is 10.1. The monoisotopic (exact) mass is 369 g/mol. The first-order chi connectivity index (χ1) is 12.0. The molecule has 3 rings (SSSR count). The molecule has 4 nitrogen and oxygen atoms in total. The lowest BCUT2D eigenvalue weighted by Crippen LogP contribution is -2.27. The number of carboxylic acid groups (broad SMARTS) is 1. The Morgan fingerprint density at radius 1 is 1.24 bits per heavy atom. The quantitative estimate of drug-likeness (QED) is 0.641. The van der Waals surface area contributed by atoms with Gasteiger partial charge >= 0.3 is 5.97 Å². The van der Waals surface area contributed by atoms with E-state index in [9.17, 15) is 9.59 Å². The van der Waals surface area contributed by atoms with Crippen molar-refractivity contribution in [2.45, 2.75) is 13.3 Å². The Morgan fingerprint density at radius 2 is 1.96 bits per heavy atom. The van der Waals surface area contributed by atoms with Gasteiger partial charge in [0.15, 0.2) is 4.32 Å². The van der Waals surface area contributed by atoms with Crippen LogP contribution in [0.25, 0.3) is 6.08 Å². The van der Waals surface area contributed by atoms with Crippen LogP contribution in [0.2, 0.25) is 0 Å². The minimum atomic E-state index is -1.04. The fraction of sp³-hybridized carbons (Fsp3) is 0.105. The van der Waals surface area contributed by atoms with Crippen molar-refractivity contribution >= 4 is 51.9 Å². The van der Waals surface area contributed by atoms with Crippen LogP contribution in [-0.2, 0) is 11.2 Å². The molecule has 126 valence electrons. The summed E-state index contributed by atoms with van der Waals surface area (Å²) in [7, 11) is 0. The zero-order valence-corrected chi connectivity index (χ0v) is 15.1. The molecule has 0 unspecified atom stereocenters. The molecule has 0 atom stereocenters. The summed E-state index contributed by atoms with van der Waals surface area (Å²) in [6, 6.07) is 14.2. The second kappa shape index (κ2) is 7.21. The van der Waals surface area contributed by atoms with Crippen molar-refractivity contribution < 1.29 is 14.7 Å². The Balaban J connectivity index is 1.90. The van der Waals surface area contributed by atoms with E-state index in [-0.39, 0.29) is 11.5 Å².